The lowest BCUT2D eigenvalue weighted by molar-refractivity contribution is 0.101. The molecule has 1 rings (SSSR count). The third-order valence-electron chi connectivity index (χ3n) is 4.29. The van der Waals surface area contributed by atoms with Crippen molar-refractivity contribution in [3.8, 4) is 0 Å². The van der Waals surface area contributed by atoms with Crippen molar-refractivity contribution in [3.05, 3.63) is 0 Å². The molecular formula is C14H29NO3S. The first kappa shape index (κ1) is 16.9. The Morgan fingerprint density at radius 2 is 2.11 bits per heavy atom. The van der Waals surface area contributed by atoms with Crippen molar-refractivity contribution in [2.45, 2.75) is 69.8 Å². The highest BCUT2D eigenvalue weighted by Crippen LogP contribution is 2.25. The maximum Gasteiger partial charge on any atom is 0.154 e. The number of nitrogens with one attached hydrogen (secondary N) is 1. The van der Waals surface area contributed by atoms with Crippen LogP contribution in [0.25, 0.3) is 0 Å². The van der Waals surface area contributed by atoms with Crippen molar-refractivity contribution in [1.82, 2.24) is 5.32 Å². The summed E-state index contributed by atoms with van der Waals surface area (Å²) in [5.41, 5.74) is 0. The van der Waals surface area contributed by atoms with Crippen molar-refractivity contribution in [2.24, 2.45) is 0 Å². The van der Waals surface area contributed by atoms with E-state index in [4.69, 9.17) is 4.74 Å². The molecule has 1 aliphatic heterocycles. The van der Waals surface area contributed by atoms with Crippen LogP contribution in [0.2, 0.25) is 0 Å². The molecule has 0 saturated carbocycles. The monoisotopic (exact) mass is 291 g/mol. The smallest absolute Gasteiger partial charge is 0.154 e. The summed E-state index contributed by atoms with van der Waals surface area (Å²) in [4.78, 5) is 0. The van der Waals surface area contributed by atoms with E-state index >= 15 is 0 Å². The molecule has 4 nitrogen and oxygen atoms in total. The third-order valence-corrected chi connectivity index (χ3v) is 6.48. The molecule has 1 fully saturated rings. The van der Waals surface area contributed by atoms with Crippen molar-refractivity contribution in [3.63, 3.8) is 0 Å². The highest BCUT2D eigenvalue weighted by atomic mass is 32.2. The molecule has 2 atom stereocenters. The van der Waals surface area contributed by atoms with Gasteiger partial charge < -0.3 is 10.1 Å². The standard InChI is InChI=1S/C14H29NO3S/c1-5-15-13(14(2,3)19(4,16)17)10-6-8-12-9-7-11-18-12/h12-13,15H,5-11H2,1-4H3. The summed E-state index contributed by atoms with van der Waals surface area (Å²) in [6, 6.07) is 0.00824. The molecule has 1 saturated heterocycles. The maximum atomic E-state index is 11.9. The average Bonchev–Trinajstić information content (AvgIpc) is 2.79. The van der Waals surface area contributed by atoms with E-state index in [0.29, 0.717) is 6.10 Å². The predicted octanol–water partition coefficient (Wildman–Crippen LogP) is 2.14. The largest absolute Gasteiger partial charge is 0.378 e. The number of sulfone groups is 1. The van der Waals surface area contributed by atoms with E-state index in [1.54, 1.807) is 0 Å². The van der Waals surface area contributed by atoms with Gasteiger partial charge in [-0.1, -0.05) is 6.92 Å². The first-order chi connectivity index (χ1) is 8.79. The Kier molecular flexibility index (Phi) is 6.27. The van der Waals surface area contributed by atoms with E-state index in [1.165, 1.54) is 6.26 Å². The fraction of sp³-hybridized carbons (Fsp3) is 1.00. The lowest BCUT2D eigenvalue weighted by atomic mass is 9.96. The quantitative estimate of drug-likeness (QED) is 0.744. The highest BCUT2D eigenvalue weighted by Gasteiger charge is 2.38. The highest BCUT2D eigenvalue weighted by molar-refractivity contribution is 7.92. The normalized spacial score (nSPS) is 22.6. The van der Waals surface area contributed by atoms with Gasteiger partial charge in [0.2, 0.25) is 0 Å². The van der Waals surface area contributed by atoms with E-state index in [2.05, 4.69) is 5.32 Å². The Bertz CT molecular complexity index is 359. The average molecular weight is 291 g/mol. The van der Waals surface area contributed by atoms with Crippen LogP contribution in [0.5, 0.6) is 0 Å². The Morgan fingerprint density at radius 1 is 1.42 bits per heavy atom. The van der Waals surface area contributed by atoms with Gasteiger partial charge in [-0.25, -0.2) is 8.42 Å². The molecule has 1 N–H and O–H groups in total. The number of hydrogen-bond acceptors (Lipinski definition) is 4. The minimum Gasteiger partial charge on any atom is -0.378 e. The number of rotatable bonds is 8. The summed E-state index contributed by atoms with van der Waals surface area (Å²) in [5, 5.41) is 3.33. The van der Waals surface area contributed by atoms with Crippen LogP contribution in [-0.4, -0.2) is 44.7 Å². The summed E-state index contributed by atoms with van der Waals surface area (Å²) < 4.78 is 28.7. The zero-order chi connectivity index (χ0) is 14.5. The molecule has 0 aromatic rings. The van der Waals surface area contributed by atoms with Crippen LogP contribution in [-0.2, 0) is 14.6 Å². The second kappa shape index (κ2) is 7.04. The fourth-order valence-electron chi connectivity index (χ4n) is 2.62. The van der Waals surface area contributed by atoms with Crippen molar-refractivity contribution >= 4 is 9.84 Å². The number of ether oxygens (including phenoxy) is 1. The molecule has 0 radical (unpaired) electrons. The SMILES string of the molecule is CCNC(CCCC1CCCO1)C(C)(C)S(C)(=O)=O. The minimum absolute atomic E-state index is 0.00824. The van der Waals surface area contributed by atoms with Gasteiger partial charge in [0.05, 0.1) is 10.9 Å². The molecule has 2 unspecified atom stereocenters. The van der Waals surface area contributed by atoms with Crippen LogP contribution in [0.3, 0.4) is 0 Å². The Morgan fingerprint density at radius 3 is 2.58 bits per heavy atom. The lowest BCUT2D eigenvalue weighted by Crippen LogP contribution is -2.51. The van der Waals surface area contributed by atoms with Crippen LogP contribution in [0.15, 0.2) is 0 Å². The Balaban J connectivity index is 2.52. The summed E-state index contributed by atoms with van der Waals surface area (Å²) in [5.74, 6) is 0. The maximum absolute atomic E-state index is 11.9. The van der Waals surface area contributed by atoms with Gasteiger partial charge in [0.25, 0.3) is 0 Å². The van der Waals surface area contributed by atoms with E-state index in [9.17, 15) is 8.42 Å². The van der Waals surface area contributed by atoms with Crippen molar-refractivity contribution < 1.29 is 13.2 Å². The van der Waals surface area contributed by atoms with Crippen molar-refractivity contribution in [1.29, 1.82) is 0 Å². The summed E-state index contributed by atoms with van der Waals surface area (Å²) in [6.45, 7) is 7.34. The Labute approximate surface area is 118 Å². The minimum atomic E-state index is -3.07. The van der Waals surface area contributed by atoms with Gasteiger partial charge in [-0.3, -0.25) is 0 Å². The second-order valence-corrected chi connectivity index (χ2v) is 8.65. The first-order valence-electron chi connectivity index (χ1n) is 7.33. The van der Waals surface area contributed by atoms with Crippen LogP contribution < -0.4 is 5.32 Å². The summed E-state index contributed by atoms with van der Waals surface area (Å²) in [6.07, 6.45) is 6.98. The van der Waals surface area contributed by atoms with Gasteiger partial charge >= 0.3 is 0 Å². The van der Waals surface area contributed by atoms with Gasteiger partial charge in [0.15, 0.2) is 9.84 Å². The third kappa shape index (κ3) is 4.72. The molecule has 0 aromatic heterocycles. The van der Waals surface area contributed by atoms with E-state index in [1.807, 2.05) is 20.8 Å². The van der Waals surface area contributed by atoms with Crippen molar-refractivity contribution in [2.75, 3.05) is 19.4 Å². The van der Waals surface area contributed by atoms with Crippen LogP contribution in [0, 0.1) is 0 Å². The van der Waals surface area contributed by atoms with Crippen LogP contribution >= 0.6 is 0 Å². The summed E-state index contributed by atoms with van der Waals surface area (Å²) >= 11 is 0. The summed E-state index contributed by atoms with van der Waals surface area (Å²) in [7, 11) is -3.07. The molecule has 0 aliphatic carbocycles. The molecular weight excluding hydrogens is 262 g/mol. The molecule has 19 heavy (non-hydrogen) atoms. The molecule has 1 aliphatic rings. The van der Waals surface area contributed by atoms with Gasteiger partial charge in [-0.2, -0.15) is 0 Å². The molecule has 5 heteroatoms. The van der Waals surface area contributed by atoms with Gasteiger partial charge in [0, 0.05) is 18.9 Å². The van der Waals surface area contributed by atoms with E-state index in [-0.39, 0.29) is 6.04 Å². The van der Waals surface area contributed by atoms with E-state index < -0.39 is 14.6 Å². The fourth-order valence-corrected chi connectivity index (χ4v) is 3.34. The topological polar surface area (TPSA) is 55.4 Å². The number of hydrogen-bond donors (Lipinski definition) is 1. The van der Waals surface area contributed by atoms with Gasteiger partial charge in [-0.15, -0.1) is 0 Å². The predicted molar refractivity (Wildman–Crippen MR) is 79.2 cm³/mol. The van der Waals surface area contributed by atoms with Gasteiger partial charge in [0.1, 0.15) is 0 Å². The molecule has 0 spiro atoms. The van der Waals surface area contributed by atoms with Crippen LogP contribution in [0.4, 0.5) is 0 Å². The van der Waals surface area contributed by atoms with Gasteiger partial charge in [-0.05, 0) is 52.5 Å². The second-order valence-electron chi connectivity index (χ2n) is 6.05. The molecule has 1 heterocycles. The molecule has 114 valence electrons. The first-order valence-corrected chi connectivity index (χ1v) is 9.22. The molecule has 0 bridgehead atoms. The molecule has 0 amide bonds. The lowest BCUT2D eigenvalue weighted by Gasteiger charge is -2.33. The van der Waals surface area contributed by atoms with Crippen LogP contribution in [0.1, 0.15) is 52.9 Å². The Hall–Kier alpha value is -0.130. The molecule has 0 aromatic carbocycles. The zero-order valence-electron chi connectivity index (χ0n) is 12.7. The zero-order valence-corrected chi connectivity index (χ0v) is 13.6. The van der Waals surface area contributed by atoms with E-state index in [0.717, 1.165) is 45.3 Å².